The average Bonchev–Trinajstić information content (AvgIpc) is 2.96. The Labute approximate surface area is 124 Å². The summed E-state index contributed by atoms with van der Waals surface area (Å²) in [6.45, 7) is 1.81. The van der Waals surface area contributed by atoms with Gasteiger partial charge in [0.1, 0.15) is 0 Å². The van der Waals surface area contributed by atoms with Crippen molar-refractivity contribution in [2.24, 2.45) is 0 Å². The van der Waals surface area contributed by atoms with Crippen molar-refractivity contribution >= 4 is 28.7 Å². The third kappa shape index (κ3) is 4.33. The minimum Gasteiger partial charge on any atom is -0.366 e. The second kappa shape index (κ2) is 7.26. The van der Waals surface area contributed by atoms with E-state index in [1.54, 1.807) is 11.3 Å². The molecule has 100 valence electrons. The molecule has 0 aliphatic rings. The van der Waals surface area contributed by atoms with Gasteiger partial charge in [-0.05, 0) is 35.6 Å². The van der Waals surface area contributed by atoms with Crippen molar-refractivity contribution in [2.45, 2.75) is 13.0 Å². The molecule has 0 spiro atoms. The van der Waals surface area contributed by atoms with Crippen LogP contribution in [-0.4, -0.2) is 23.6 Å². The molecule has 4 heteroatoms. The van der Waals surface area contributed by atoms with Crippen LogP contribution in [0.1, 0.15) is 10.4 Å². The van der Waals surface area contributed by atoms with E-state index in [1.807, 2.05) is 13.1 Å². The molecule has 0 bridgehead atoms. The molecule has 1 heterocycles. The maximum atomic E-state index is 5.38. The molecule has 0 saturated carbocycles. The normalized spacial score (nSPS) is 10.2. The number of thiocarbonyl (C=S) groups is 1. The average molecular weight is 290 g/mol. The summed E-state index contributed by atoms with van der Waals surface area (Å²) < 4.78 is 0. The van der Waals surface area contributed by atoms with Crippen LogP contribution in [0.25, 0.3) is 0 Å². The first-order valence-electron chi connectivity index (χ1n) is 6.32. The Balaban J connectivity index is 1.96. The van der Waals surface area contributed by atoms with Gasteiger partial charge in [-0.25, -0.2) is 0 Å². The molecular formula is C15H18N2S2. The van der Waals surface area contributed by atoms with Crippen LogP contribution in [-0.2, 0) is 13.0 Å². The largest absolute Gasteiger partial charge is 0.366 e. The van der Waals surface area contributed by atoms with Gasteiger partial charge < -0.3 is 10.2 Å². The third-order valence-electron chi connectivity index (χ3n) is 2.94. The molecule has 0 aliphatic carbocycles. The molecule has 1 aromatic carbocycles. The molecule has 0 saturated heterocycles. The minimum atomic E-state index is 0.810. The summed E-state index contributed by atoms with van der Waals surface area (Å²) in [4.78, 5) is 3.56. The Bertz CT molecular complexity index is 494. The van der Waals surface area contributed by atoms with Crippen LogP contribution in [0.2, 0.25) is 0 Å². The van der Waals surface area contributed by atoms with E-state index in [2.05, 4.69) is 52.0 Å². The Morgan fingerprint density at radius 3 is 2.63 bits per heavy atom. The zero-order valence-corrected chi connectivity index (χ0v) is 12.6. The van der Waals surface area contributed by atoms with Crippen molar-refractivity contribution in [2.75, 3.05) is 13.6 Å². The lowest BCUT2D eigenvalue weighted by Crippen LogP contribution is -2.38. The van der Waals surface area contributed by atoms with E-state index in [-0.39, 0.29) is 0 Å². The van der Waals surface area contributed by atoms with Crippen LogP contribution < -0.4 is 5.32 Å². The Morgan fingerprint density at radius 1 is 1.21 bits per heavy atom. The Hall–Kier alpha value is -1.39. The number of hydrogen-bond donors (Lipinski definition) is 1. The van der Waals surface area contributed by atoms with Gasteiger partial charge in [0.05, 0.1) is 6.54 Å². The van der Waals surface area contributed by atoms with Gasteiger partial charge in [0, 0.05) is 18.5 Å². The van der Waals surface area contributed by atoms with Crippen LogP contribution in [0.3, 0.4) is 0 Å². The molecule has 2 aromatic rings. The highest BCUT2D eigenvalue weighted by Gasteiger charge is 2.09. The van der Waals surface area contributed by atoms with Crippen LogP contribution in [0.15, 0.2) is 47.8 Å². The van der Waals surface area contributed by atoms with Crippen molar-refractivity contribution in [1.29, 1.82) is 0 Å². The van der Waals surface area contributed by atoms with Gasteiger partial charge in [-0.1, -0.05) is 36.4 Å². The second-order valence-electron chi connectivity index (χ2n) is 4.29. The predicted octanol–water partition coefficient (Wildman–Crippen LogP) is 3.30. The van der Waals surface area contributed by atoms with Crippen molar-refractivity contribution in [3.63, 3.8) is 0 Å². The lowest BCUT2D eigenvalue weighted by molar-refractivity contribution is 0.416. The number of hydrogen-bond acceptors (Lipinski definition) is 2. The number of nitrogens with one attached hydrogen (secondary N) is 1. The van der Waals surface area contributed by atoms with Crippen molar-refractivity contribution in [1.82, 2.24) is 10.2 Å². The lowest BCUT2D eigenvalue weighted by Gasteiger charge is -2.24. The number of rotatable bonds is 5. The molecule has 19 heavy (non-hydrogen) atoms. The topological polar surface area (TPSA) is 15.3 Å². The summed E-state index contributed by atoms with van der Waals surface area (Å²) in [5.74, 6) is 0. The SMILES string of the molecule is CNC(=S)N(CCc1ccccc1)Cc1cccs1. The van der Waals surface area contributed by atoms with Gasteiger partial charge in [0.2, 0.25) is 0 Å². The summed E-state index contributed by atoms with van der Waals surface area (Å²) in [5.41, 5.74) is 1.34. The smallest absolute Gasteiger partial charge is 0.169 e. The molecule has 2 nitrogen and oxygen atoms in total. The summed E-state index contributed by atoms with van der Waals surface area (Å²) in [6, 6.07) is 14.8. The van der Waals surface area contributed by atoms with Crippen LogP contribution in [0.4, 0.5) is 0 Å². The summed E-state index contributed by atoms with van der Waals surface area (Å²) >= 11 is 7.16. The van der Waals surface area contributed by atoms with E-state index in [9.17, 15) is 0 Å². The molecule has 0 fully saturated rings. The second-order valence-corrected chi connectivity index (χ2v) is 5.71. The Kier molecular flexibility index (Phi) is 5.36. The number of nitrogens with zero attached hydrogens (tertiary/aromatic N) is 1. The van der Waals surface area contributed by atoms with E-state index in [4.69, 9.17) is 12.2 Å². The van der Waals surface area contributed by atoms with Gasteiger partial charge in [-0.2, -0.15) is 0 Å². The summed E-state index contributed by atoms with van der Waals surface area (Å²) in [6.07, 6.45) is 1.01. The highest BCUT2D eigenvalue weighted by molar-refractivity contribution is 7.80. The number of benzene rings is 1. The zero-order valence-electron chi connectivity index (χ0n) is 11.0. The van der Waals surface area contributed by atoms with E-state index in [0.717, 1.165) is 24.6 Å². The van der Waals surface area contributed by atoms with Crippen molar-refractivity contribution < 1.29 is 0 Å². The highest BCUT2D eigenvalue weighted by atomic mass is 32.1. The fourth-order valence-electron chi connectivity index (χ4n) is 1.91. The molecular weight excluding hydrogens is 272 g/mol. The maximum Gasteiger partial charge on any atom is 0.169 e. The van der Waals surface area contributed by atoms with E-state index in [0.29, 0.717) is 0 Å². The highest BCUT2D eigenvalue weighted by Crippen LogP contribution is 2.13. The van der Waals surface area contributed by atoms with Gasteiger partial charge in [-0.15, -0.1) is 11.3 Å². The molecule has 0 aliphatic heterocycles. The van der Waals surface area contributed by atoms with E-state index >= 15 is 0 Å². The van der Waals surface area contributed by atoms with Crippen LogP contribution in [0.5, 0.6) is 0 Å². The van der Waals surface area contributed by atoms with Gasteiger partial charge in [-0.3, -0.25) is 0 Å². The van der Waals surface area contributed by atoms with Crippen LogP contribution in [0, 0.1) is 0 Å². The first-order valence-corrected chi connectivity index (χ1v) is 7.61. The van der Waals surface area contributed by atoms with E-state index in [1.165, 1.54) is 10.4 Å². The maximum absolute atomic E-state index is 5.38. The quantitative estimate of drug-likeness (QED) is 0.851. The van der Waals surface area contributed by atoms with Gasteiger partial charge >= 0.3 is 0 Å². The van der Waals surface area contributed by atoms with Crippen molar-refractivity contribution in [3.05, 3.63) is 58.3 Å². The third-order valence-corrected chi connectivity index (χ3v) is 4.26. The molecule has 2 rings (SSSR count). The first-order chi connectivity index (χ1) is 9.29. The van der Waals surface area contributed by atoms with Gasteiger partial charge in [0.25, 0.3) is 0 Å². The molecule has 1 N–H and O–H groups in total. The molecule has 0 amide bonds. The molecule has 0 radical (unpaired) electrons. The van der Waals surface area contributed by atoms with Crippen LogP contribution >= 0.6 is 23.6 Å². The Morgan fingerprint density at radius 2 is 2.00 bits per heavy atom. The molecule has 0 atom stereocenters. The molecule has 0 unspecified atom stereocenters. The monoisotopic (exact) mass is 290 g/mol. The van der Waals surface area contributed by atoms with Gasteiger partial charge in [0.15, 0.2) is 5.11 Å². The minimum absolute atomic E-state index is 0.810. The lowest BCUT2D eigenvalue weighted by atomic mass is 10.1. The first kappa shape index (κ1) is 14.0. The zero-order chi connectivity index (χ0) is 13.5. The fraction of sp³-hybridized carbons (Fsp3) is 0.267. The summed E-state index contributed by atoms with van der Waals surface area (Å²) in [5, 5.41) is 5.99. The standard InChI is InChI=1S/C15H18N2S2/c1-16-15(18)17(12-14-8-5-11-19-14)10-9-13-6-3-2-4-7-13/h2-8,11H,9-10,12H2,1H3,(H,16,18). The summed E-state index contributed by atoms with van der Waals surface area (Å²) in [7, 11) is 1.88. The van der Waals surface area contributed by atoms with Crippen molar-refractivity contribution in [3.8, 4) is 0 Å². The number of thiophene rings is 1. The van der Waals surface area contributed by atoms with E-state index < -0.39 is 0 Å². The predicted molar refractivity (Wildman–Crippen MR) is 86.5 cm³/mol. The molecule has 1 aromatic heterocycles. The fourth-order valence-corrected chi connectivity index (χ4v) is 2.79.